The smallest absolute Gasteiger partial charge is 0.369 e. The van der Waals surface area contributed by atoms with Crippen molar-refractivity contribution in [3.8, 4) is 0 Å². The third-order valence-corrected chi connectivity index (χ3v) is 4.02. The second-order valence-corrected chi connectivity index (χ2v) is 5.55. The minimum absolute atomic E-state index is 0.00782. The molecular formula is C14H13F3N2OS. The summed E-state index contributed by atoms with van der Waals surface area (Å²) in [4.78, 5) is 17.2. The Morgan fingerprint density at radius 1 is 1.38 bits per heavy atom. The summed E-state index contributed by atoms with van der Waals surface area (Å²) in [5, 5.41) is 0. The summed E-state index contributed by atoms with van der Waals surface area (Å²) < 4.78 is 39.4. The molecule has 3 nitrogen and oxygen atoms in total. The largest absolute Gasteiger partial charge is 0.418 e. The van der Waals surface area contributed by atoms with Crippen LogP contribution in [0.3, 0.4) is 0 Å². The van der Waals surface area contributed by atoms with Crippen LogP contribution >= 0.6 is 11.3 Å². The lowest BCUT2D eigenvalue weighted by Crippen LogP contribution is -2.21. The van der Waals surface area contributed by atoms with E-state index in [1.807, 2.05) is 6.92 Å². The Hall–Kier alpha value is -1.89. The van der Waals surface area contributed by atoms with E-state index in [0.717, 1.165) is 16.6 Å². The molecule has 112 valence electrons. The molecular weight excluding hydrogens is 301 g/mol. The van der Waals surface area contributed by atoms with Crippen molar-refractivity contribution in [2.75, 3.05) is 11.9 Å². The molecule has 0 fully saturated rings. The fourth-order valence-electron chi connectivity index (χ4n) is 1.97. The number of aromatic nitrogens is 1. The molecule has 0 aliphatic rings. The van der Waals surface area contributed by atoms with Gasteiger partial charge in [0, 0.05) is 23.2 Å². The highest BCUT2D eigenvalue weighted by molar-refractivity contribution is 7.09. The second kappa shape index (κ2) is 5.85. The highest BCUT2D eigenvalue weighted by Gasteiger charge is 2.34. The Morgan fingerprint density at radius 3 is 2.62 bits per heavy atom. The van der Waals surface area contributed by atoms with Crippen LogP contribution in [-0.4, -0.2) is 18.3 Å². The Bertz CT molecular complexity index is 652. The van der Waals surface area contributed by atoms with Gasteiger partial charge in [0.2, 0.25) is 0 Å². The van der Waals surface area contributed by atoms with Crippen molar-refractivity contribution in [2.45, 2.75) is 19.6 Å². The van der Waals surface area contributed by atoms with Gasteiger partial charge < -0.3 is 4.90 Å². The van der Waals surface area contributed by atoms with Gasteiger partial charge in [0.25, 0.3) is 0 Å². The number of alkyl halides is 3. The molecule has 0 bridgehead atoms. The average Bonchev–Trinajstić information content (AvgIpc) is 2.82. The molecule has 2 rings (SSSR count). The summed E-state index contributed by atoms with van der Waals surface area (Å²) in [6.07, 6.45) is -4.10. The van der Waals surface area contributed by atoms with Crippen LogP contribution in [0, 0.1) is 6.92 Å². The van der Waals surface area contributed by atoms with Gasteiger partial charge in [-0.2, -0.15) is 13.2 Å². The molecule has 7 heteroatoms. The van der Waals surface area contributed by atoms with E-state index < -0.39 is 11.7 Å². The van der Waals surface area contributed by atoms with Crippen LogP contribution in [0.15, 0.2) is 23.7 Å². The molecule has 1 aromatic heterocycles. The van der Waals surface area contributed by atoms with Crippen LogP contribution < -0.4 is 4.90 Å². The third kappa shape index (κ3) is 3.41. The van der Waals surface area contributed by atoms with Gasteiger partial charge >= 0.3 is 6.18 Å². The van der Waals surface area contributed by atoms with Crippen LogP contribution in [0.5, 0.6) is 0 Å². The molecule has 0 aliphatic carbocycles. The molecule has 21 heavy (non-hydrogen) atoms. The zero-order valence-electron chi connectivity index (χ0n) is 11.4. The maximum Gasteiger partial charge on any atom is 0.418 e. The summed E-state index contributed by atoms with van der Waals surface area (Å²) in [5.74, 6) is 0. The van der Waals surface area contributed by atoms with Gasteiger partial charge in [-0.15, -0.1) is 11.3 Å². The van der Waals surface area contributed by atoms with E-state index in [4.69, 9.17) is 0 Å². The number of halogens is 3. The Morgan fingerprint density at radius 2 is 2.10 bits per heavy atom. The maximum absolute atomic E-state index is 13.1. The molecule has 1 aromatic carbocycles. The van der Waals surface area contributed by atoms with Crippen LogP contribution in [0.25, 0.3) is 0 Å². The summed E-state index contributed by atoms with van der Waals surface area (Å²) in [6.45, 7) is 2.15. The fraction of sp³-hybridized carbons (Fsp3) is 0.286. The zero-order valence-corrected chi connectivity index (χ0v) is 12.3. The van der Waals surface area contributed by atoms with Gasteiger partial charge in [-0.05, 0) is 25.1 Å². The van der Waals surface area contributed by atoms with Crippen molar-refractivity contribution in [1.29, 1.82) is 0 Å². The summed E-state index contributed by atoms with van der Waals surface area (Å²) in [7, 11) is 1.59. The summed E-state index contributed by atoms with van der Waals surface area (Å²) in [5.41, 5.74) is 1.72. The van der Waals surface area contributed by atoms with Gasteiger partial charge in [-0.25, -0.2) is 4.98 Å². The number of aryl methyl sites for hydroxylation is 1. The van der Waals surface area contributed by atoms with E-state index >= 15 is 0 Å². The molecule has 0 spiro atoms. The highest BCUT2D eigenvalue weighted by Crippen LogP contribution is 2.37. The topological polar surface area (TPSA) is 33.2 Å². The molecule has 1 heterocycles. The molecule has 0 atom stereocenters. The summed E-state index contributed by atoms with van der Waals surface area (Å²) in [6, 6.07) is 3.58. The minimum Gasteiger partial charge on any atom is -0.369 e. The normalized spacial score (nSPS) is 11.5. The standard InChI is InChI=1S/C14H13F3N2OS/c1-9-13(21-8-18-9)6-19(2)12-4-3-10(7-20)5-11(12)14(15,16)17/h3-5,7-8H,6H2,1-2H3. The van der Waals surface area contributed by atoms with Crippen LogP contribution in [0.4, 0.5) is 18.9 Å². The van der Waals surface area contributed by atoms with Crippen LogP contribution in [-0.2, 0) is 12.7 Å². The predicted molar refractivity (Wildman–Crippen MR) is 75.8 cm³/mol. The number of benzene rings is 1. The maximum atomic E-state index is 13.1. The first-order valence-electron chi connectivity index (χ1n) is 6.09. The molecule has 0 saturated carbocycles. The number of aldehydes is 1. The third-order valence-electron chi connectivity index (χ3n) is 3.10. The number of hydrogen-bond acceptors (Lipinski definition) is 4. The van der Waals surface area contributed by atoms with E-state index in [1.54, 1.807) is 12.6 Å². The highest BCUT2D eigenvalue weighted by atomic mass is 32.1. The number of carbonyl (C=O) groups is 1. The first kappa shape index (κ1) is 15.5. The van der Waals surface area contributed by atoms with Crippen molar-refractivity contribution in [3.05, 3.63) is 45.4 Å². The lowest BCUT2D eigenvalue weighted by atomic mass is 10.1. The van der Waals surface area contributed by atoms with Gasteiger partial charge in [-0.1, -0.05) is 0 Å². The number of carbonyl (C=O) groups excluding carboxylic acids is 1. The number of rotatable bonds is 4. The molecule has 0 radical (unpaired) electrons. The molecule has 0 amide bonds. The fourth-order valence-corrected chi connectivity index (χ4v) is 2.79. The molecule has 0 N–H and O–H groups in total. The minimum atomic E-state index is -4.51. The average molecular weight is 314 g/mol. The van der Waals surface area contributed by atoms with E-state index in [2.05, 4.69) is 4.98 Å². The van der Waals surface area contributed by atoms with Gasteiger partial charge in [0.05, 0.1) is 23.3 Å². The van der Waals surface area contributed by atoms with Crippen molar-refractivity contribution < 1.29 is 18.0 Å². The Labute approximate surface area is 124 Å². The molecule has 0 aliphatic heterocycles. The van der Waals surface area contributed by atoms with Gasteiger partial charge in [0.1, 0.15) is 6.29 Å². The number of anilines is 1. The second-order valence-electron chi connectivity index (χ2n) is 4.61. The molecule has 0 saturated heterocycles. The number of hydrogen-bond donors (Lipinski definition) is 0. The Balaban J connectivity index is 2.38. The first-order chi connectivity index (χ1) is 9.82. The zero-order chi connectivity index (χ0) is 15.6. The number of nitrogens with zero attached hydrogens (tertiary/aromatic N) is 2. The van der Waals surface area contributed by atoms with Crippen molar-refractivity contribution >= 4 is 23.3 Å². The van der Waals surface area contributed by atoms with Gasteiger partial charge in [0.15, 0.2) is 0 Å². The van der Waals surface area contributed by atoms with E-state index in [1.165, 1.54) is 28.4 Å². The monoisotopic (exact) mass is 314 g/mol. The van der Waals surface area contributed by atoms with Gasteiger partial charge in [-0.3, -0.25) is 4.79 Å². The van der Waals surface area contributed by atoms with E-state index in [9.17, 15) is 18.0 Å². The molecule has 2 aromatic rings. The lowest BCUT2D eigenvalue weighted by Gasteiger charge is -2.23. The summed E-state index contributed by atoms with van der Waals surface area (Å²) >= 11 is 1.40. The lowest BCUT2D eigenvalue weighted by molar-refractivity contribution is -0.137. The van der Waals surface area contributed by atoms with E-state index in [0.29, 0.717) is 12.8 Å². The predicted octanol–water partition coefficient (Wildman–Crippen LogP) is 3.92. The first-order valence-corrected chi connectivity index (χ1v) is 6.97. The quantitative estimate of drug-likeness (QED) is 0.802. The van der Waals surface area contributed by atoms with E-state index in [-0.39, 0.29) is 11.3 Å². The van der Waals surface area contributed by atoms with Crippen molar-refractivity contribution in [2.24, 2.45) is 0 Å². The van der Waals surface area contributed by atoms with Crippen LogP contribution in [0.2, 0.25) is 0 Å². The Kier molecular flexibility index (Phi) is 4.32. The van der Waals surface area contributed by atoms with Crippen LogP contribution in [0.1, 0.15) is 26.5 Å². The number of thiazole rings is 1. The molecule has 0 unspecified atom stereocenters. The SMILES string of the molecule is Cc1ncsc1CN(C)c1ccc(C=O)cc1C(F)(F)F. The van der Waals surface area contributed by atoms with Crippen molar-refractivity contribution in [3.63, 3.8) is 0 Å². The van der Waals surface area contributed by atoms with Crippen molar-refractivity contribution in [1.82, 2.24) is 4.98 Å².